The lowest BCUT2D eigenvalue weighted by atomic mass is 9.69. The number of benzene rings is 1. The third-order valence-electron chi connectivity index (χ3n) is 4.38. The molecular formula is C17H19N3O. The van der Waals surface area contributed by atoms with Gasteiger partial charge in [0.05, 0.1) is 11.5 Å². The second kappa shape index (κ2) is 6.09. The third-order valence-corrected chi connectivity index (χ3v) is 4.38. The zero-order chi connectivity index (χ0) is 14.5. The van der Waals surface area contributed by atoms with E-state index in [1.165, 1.54) is 24.8 Å². The van der Waals surface area contributed by atoms with E-state index < -0.39 is 0 Å². The van der Waals surface area contributed by atoms with Gasteiger partial charge in [0.25, 0.3) is 0 Å². The maximum atomic E-state index is 8.67. The van der Waals surface area contributed by atoms with Crippen LogP contribution in [0.2, 0.25) is 0 Å². The Hall–Kier alpha value is -2.15. The highest BCUT2D eigenvalue weighted by molar-refractivity contribution is 5.33. The van der Waals surface area contributed by atoms with Crippen LogP contribution in [0.15, 0.2) is 34.9 Å². The highest BCUT2D eigenvalue weighted by atomic mass is 16.5. The summed E-state index contributed by atoms with van der Waals surface area (Å²) >= 11 is 0. The molecule has 3 rings (SSSR count). The summed E-state index contributed by atoms with van der Waals surface area (Å²) in [6.07, 6.45) is 6.73. The van der Waals surface area contributed by atoms with Gasteiger partial charge < -0.3 is 4.52 Å². The monoisotopic (exact) mass is 281 g/mol. The lowest BCUT2D eigenvalue weighted by Gasteiger charge is -2.34. The predicted molar refractivity (Wildman–Crippen MR) is 78.5 cm³/mol. The molecule has 1 saturated carbocycles. The van der Waals surface area contributed by atoms with Crippen molar-refractivity contribution in [3.8, 4) is 6.07 Å². The lowest BCUT2D eigenvalue weighted by molar-refractivity contribution is 0.308. The van der Waals surface area contributed by atoms with E-state index >= 15 is 0 Å². The predicted octanol–water partition coefficient (Wildman–Crippen LogP) is 3.78. The normalized spacial score (nSPS) is 17.3. The topological polar surface area (TPSA) is 62.7 Å². The molecule has 1 aliphatic rings. The summed E-state index contributed by atoms with van der Waals surface area (Å²) < 4.78 is 5.35. The van der Waals surface area contributed by atoms with Crippen molar-refractivity contribution in [2.75, 3.05) is 0 Å². The highest BCUT2D eigenvalue weighted by Gasteiger charge is 2.39. The highest BCUT2D eigenvalue weighted by Crippen LogP contribution is 2.43. The fraction of sp³-hybridized carbons (Fsp3) is 0.471. The van der Waals surface area contributed by atoms with Crippen LogP contribution in [0.3, 0.4) is 0 Å². The molecule has 1 fully saturated rings. The van der Waals surface area contributed by atoms with Gasteiger partial charge in [-0.1, -0.05) is 54.8 Å². The molecule has 0 bridgehead atoms. The van der Waals surface area contributed by atoms with Crippen LogP contribution in [0.4, 0.5) is 0 Å². The van der Waals surface area contributed by atoms with Gasteiger partial charge in [-0.15, -0.1) is 0 Å². The molecule has 4 heteroatoms. The number of nitrogens with zero attached hydrogens (tertiary/aromatic N) is 3. The van der Waals surface area contributed by atoms with E-state index in [1.807, 2.05) is 6.07 Å². The van der Waals surface area contributed by atoms with Gasteiger partial charge in [-0.05, 0) is 18.4 Å². The first-order valence-corrected chi connectivity index (χ1v) is 7.61. The maximum Gasteiger partial charge on any atom is 0.227 e. The van der Waals surface area contributed by atoms with Crippen molar-refractivity contribution in [2.24, 2.45) is 0 Å². The minimum atomic E-state index is -0.117. The van der Waals surface area contributed by atoms with Crippen molar-refractivity contribution < 1.29 is 4.52 Å². The van der Waals surface area contributed by atoms with Gasteiger partial charge in [-0.2, -0.15) is 10.2 Å². The molecule has 1 aromatic heterocycles. The lowest BCUT2D eigenvalue weighted by Crippen LogP contribution is -2.31. The second-order valence-electron chi connectivity index (χ2n) is 5.68. The Bertz CT molecular complexity index is 621. The molecule has 0 spiro atoms. The van der Waals surface area contributed by atoms with Crippen LogP contribution in [0, 0.1) is 11.3 Å². The van der Waals surface area contributed by atoms with E-state index in [0.29, 0.717) is 18.7 Å². The van der Waals surface area contributed by atoms with E-state index in [0.717, 1.165) is 18.7 Å². The zero-order valence-corrected chi connectivity index (χ0v) is 12.1. The summed E-state index contributed by atoms with van der Waals surface area (Å²) in [6, 6.07) is 12.6. The minimum absolute atomic E-state index is 0.117. The van der Waals surface area contributed by atoms with Crippen LogP contribution in [-0.2, 0) is 11.8 Å². The Morgan fingerprint density at radius 2 is 1.90 bits per heavy atom. The van der Waals surface area contributed by atoms with Crippen LogP contribution in [0.1, 0.15) is 55.8 Å². The van der Waals surface area contributed by atoms with Crippen molar-refractivity contribution in [1.29, 1.82) is 5.26 Å². The smallest absolute Gasteiger partial charge is 0.227 e. The molecule has 108 valence electrons. The Morgan fingerprint density at radius 3 is 2.62 bits per heavy atom. The summed E-state index contributed by atoms with van der Waals surface area (Å²) in [5.74, 6) is 1.37. The molecule has 1 heterocycles. The molecule has 2 aromatic rings. The Labute approximate surface area is 124 Å². The Kier molecular flexibility index (Phi) is 4.01. The van der Waals surface area contributed by atoms with Crippen molar-refractivity contribution in [2.45, 2.75) is 50.4 Å². The zero-order valence-electron chi connectivity index (χ0n) is 12.1. The molecule has 0 amide bonds. The minimum Gasteiger partial charge on any atom is -0.339 e. The van der Waals surface area contributed by atoms with Crippen molar-refractivity contribution in [3.63, 3.8) is 0 Å². The molecule has 4 nitrogen and oxygen atoms in total. The number of aromatic nitrogens is 2. The fourth-order valence-corrected chi connectivity index (χ4v) is 3.27. The number of rotatable bonds is 4. The third kappa shape index (κ3) is 2.69. The largest absolute Gasteiger partial charge is 0.339 e. The summed E-state index contributed by atoms with van der Waals surface area (Å²) in [6.45, 7) is 0. The molecule has 0 unspecified atom stereocenters. The van der Waals surface area contributed by atoms with E-state index in [-0.39, 0.29) is 5.41 Å². The standard InChI is InChI=1S/C17H19N3O/c18-13-7-10-15-19-16(20-21-15)17(11-5-2-6-12-17)14-8-3-1-4-9-14/h1,3-4,8-9H,2,5-7,10-12H2. The SMILES string of the molecule is N#CCCc1nc(C2(c3ccccc3)CCCCC2)no1. The Morgan fingerprint density at radius 1 is 1.14 bits per heavy atom. The molecule has 0 N–H and O–H groups in total. The van der Waals surface area contributed by atoms with E-state index in [1.54, 1.807) is 0 Å². The Balaban J connectivity index is 1.96. The molecule has 0 saturated heterocycles. The number of nitriles is 1. The molecule has 1 aromatic carbocycles. The van der Waals surface area contributed by atoms with Gasteiger partial charge in [-0.25, -0.2) is 0 Å². The first kappa shape index (κ1) is 13.8. The van der Waals surface area contributed by atoms with Crippen LogP contribution in [0.25, 0.3) is 0 Å². The summed E-state index contributed by atoms with van der Waals surface area (Å²) in [5, 5.41) is 12.9. The fourth-order valence-electron chi connectivity index (χ4n) is 3.27. The number of hydrogen-bond donors (Lipinski definition) is 0. The average Bonchev–Trinajstić information content (AvgIpc) is 3.04. The van der Waals surface area contributed by atoms with Crippen LogP contribution >= 0.6 is 0 Å². The van der Waals surface area contributed by atoms with Gasteiger partial charge >= 0.3 is 0 Å². The van der Waals surface area contributed by atoms with Crippen LogP contribution < -0.4 is 0 Å². The van der Waals surface area contributed by atoms with E-state index in [2.05, 4.69) is 40.5 Å². The molecule has 1 aliphatic carbocycles. The molecule has 0 radical (unpaired) electrons. The van der Waals surface area contributed by atoms with Gasteiger partial charge in [0.15, 0.2) is 5.82 Å². The van der Waals surface area contributed by atoms with E-state index in [4.69, 9.17) is 9.78 Å². The first-order chi connectivity index (χ1) is 10.3. The van der Waals surface area contributed by atoms with E-state index in [9.17, 15) is 0 Å². The molecule has 0 atom stereocenters. The number of aryl methyl sites for hydroxylation is 1. The molecule has 0 aliphatic heterocycles. The van der Waals surface area contributed by atoms with Gasteiger partial charge in [-0.3, -0.25) is 0 Å². The second-order valence-corrected chi connectivity index (χ2v) is 5.68. The van der Waals surface area contributed by atoms with Gasteiger partial charge in [0, 0.05) is 12.8 Å². The molecule has 21 heavy (non-hydrogen) atoms. The first-order valence-electron chi connectivity index (χ1n) is 7.61. The molecular weight excluding hydrogens is 262 g/mol. The maximum absolute atomic E-state index is 8.67. The van der Waals surface area contributed by atoms with Gasteiger partial charge in [0.1, 0.15) is 0 Å². The summed E-state index contributed by atoms with van der Waals surface area (Å²) in [7, 11) is 0. The number of hydrogen-bond acceptors (Lipinski definition) is 4. The average molecular weight is 281 g/mol. The quantitative estimate of drug-likeness (QED) is 0.855. The van der Waals surface area contributed by atoms with Crippen molar-refractivity contribution >= 4 is 0 Å². The van der Waals surface area contributed by atoms with Crippen molar-refractivity contribution in [1.82, 2.24) is 10.1 Å². The van der Waals surface area contributed by atoms with Crippen LogP contribution in [-0.4, -0.2) is 10.1 Å². The van der Waals surface area contributed by atoms with Gasteiger partial charge in [0.2, 0.25) is 5.89 Å². The summed E-state index contributed by atoms with van der Waals surface area (Å²) in [5.41, 5.74) is 1.16. The summed E-state index contributed by atoms with van der Waals surface area (Å²) in [4.78, 5) is 4.59. The van der Waals surface area contributed by atoms with Crippen molar-refractivity contribution in [3.05, 3.63) is 47.6 Å². The van der Waals surface area contributed by atoms with Crippen LogP contribution in [0.5, 0.6) is 0 Å².